The minimum absolute atomic E-state index is 0.0680. The highest BCUT2D eigenvalue weighted by molar-refractivity contribution is 6.13. The SMILES string of the molecule is CN1CCCN=C1c1cc(F)c(N)c(C(=N)/C=C/c2ccc(F)cc2)c1. The summed E-state index contributed by atoms with van der Waals surface area (Å²) in [7, 11) is 1.91. The number of amidine groups is 1. The molecule has 3 N–H and O–H groups in total. The summed E-state index contributed by atoms with van der Waals surface area (Å²) in [6.07, 6.45) is 4.14. The number of aliphatic imine (C=N–C) groups is 1. The number of hydrogen-bond acceptors (Lipinski definition) is 4. The lowest BCUT2D eigenvalue weighted by molar-refractivity contribution is 0.468. The van der Waals surface area contributed by atoms with Gasteiger partial charge in [-0.2, -0.15) is 0 Å². The number of hydrogen-bond donors (Lipinski definition) is 2. The van der Waals surface area contributed by atoms with Crippen LogP contribution in [0.25, 0.3) is 6.08 Å². The molecule has 0 aromatic heterocycles. The predicted octanol–water partition coefficient (Wildman–Crippen LogP) is 3.71. The zero-order chi connectivity index (χ0) is 18.7. The van der Waals surface area contributed by atoms with Gasteiger partial charge in [0.1, 0.15) is 17.5 Å². The monoisotopic (exact) mass is 354 g/mol. The minimum atomic E-state index is -0.570. The summed E-state index contributed by atoms with van der Waals surface area (Å²) in [6.45, 7) is 1.55. The van der Waals surface area contributed by atoms with Crippen LogP contribution in [0, 0.1) is 17.0 Å². The minimum Gasteiger partial charge on any atom is -0.396 e. The number of rotatable bonds is 4. The lowest BCUT2D eigenvalue weighted by Crippen LogP contribution is -2.33. The van der Waals surface area contributed by atoms with Gasteiger partial charge in [0.25, 0.3) is 0 Å². The molecule has 0 unspecified atom stereocenters. The molecule has 26 heavy (non-hydrogen) atoms. The lowest BCUT2D eigenvalue weighted by Gasteiger charge is -2.25. The molecule has 1 aliphatic rings. The van der Waals surface area contributed by atoms with Crippen molar-refractivity contribution in [2.24, 2.45) is 4.99 Å². The molecule has 0 saturated carbocycles. The highest BCUT2D eigenvalue weighted by Crippen LogP contribution is 2.22. The molecule has 0 radical (unpaired) electrons. The molecular weight excluding hydrogens is 334 g/mol. The van der Waals surface area contributed by atoms with Crippen molar-refractivity contribution in [2.75, 3.05) is 25.9 Å². The number of allylic oxidation sites excluding steroid dienone is 1. The van der Waals surface area contributed by atoms with E-state index in [0.29, 0.717) is 23.5 Å². The topological polar surface area (TPSA) is 65.5 Å². The Hall–Kier alpha value is -3.02. The molecule has 0 aliphatic carbocycles. The Kier molecular flexibility index (Phi) is 5.11. The zero-order valence-electron chi connectivity index (χ0n) is 14.5. The highest BCUT2D eigenvalue weighted by atomic mass is 19.1. The van der Waals surface area contributed by atoms with Crippen molar-refractivity contribution >= 4 is 23.3 Å². The summed E-state index contributed by atoms with van der Waals surface area (Å²) in [4.78, 5) is 6.43. The van der Waals surface area contributed by atoms with E-state index in [1.54, 1.807) is 24.3 Å². The first-order valence-electron chi connectivity index (χ1n) is 8.33. The Morgan fingerprint density at radius 3 is 2.65 bits per heavy atom. The van der Waals surface area contributed by atoms with Crippen molar-refractivity contribution in [3.05, 3.63) is 70.8 Å². The van der Waals surface area contributed by atoms with Gasteiger partial charge in [0.05, 0.1) is 11.4 Å². The summed E-state index contributed by atoms with van der Waals surface area (Å²) >= 11 is 0. The maximum absolute atomic E-state index is 14.3. The quantitative estimate of drug-likeness (QED) is 0.649. The van der Waals surface area contributed by atoms with Crippen LogP contribution in [-0.4, -0.2) is 36.6 Å². The van der Waals surface area contributed by atoms with E-state index >= 15 is 0 Å². The molecule has 0 saturated heterocycles. The molecule has 2 aromatic rings. The van der Waals surface area contributed by atoms with Crippen molar-refractivity contribution in [2.45, 2.75) is 6.42 Å². The highest BCUT2D eigenvalue weighted by Gasteiger charge is 2.18. The first-order valence-corrected chi connectivity index (χ1v) is 8.33. The smallest absolute Gasteiger partial charge is 0.147 e. The van der Waals surface area contributed by atoms with Crippen LogP contribution >= 0.6 is 0 Å². The van der Waals surface area contributed by atoms with Gasteiger partial charge in [-0.05, 0) is 42.3 Å². The maximum Gasteiger partial charge on any atom is 0.147 e. The zero-order valence-corrected chi connectivity index (χ0v) is 14.5. The van der Waals surface area contributed by atoms with Gasteiger partial charge < -0.3 is 16.0 Å². The van der Waals surface area contributed by atoms with Gasteiger partial charge in [-0.3, -0.25) is 4.99 Å². The Balaban J connectivity index is 1.92. The number of nitrogens with one attached hydrogen (secondary N) is 1. The first-order chi connectivity index (χ1) is 12.5. The van der Waals surface area contributed by atoms with Crippen LogP contribution in [0.2, 0.25) is 0 Å². The predicted molar refractivity (Wildman–Crippen MR) is 102 cm³/mol. The molecule has 0 fully saturated rings. The van der Waals surface area contributed by atoms with Crippen molar-refractivity contribution < 1.29 is 8.78 Å². The van der Waals surface area contributed by atoms with Crippen molar-refractivity contribution in [3.63, 3.8) is 0 Å². The molecule has 4 nitrogen and oxygen atoms in total. The maximum atomic E-state index is 14.3. The Morgan fingerprint density at radius 2 is 1.96 bits per heavy atom. The third-order valence-electron chi connectivity index (χ3n) is 4.27. The average molecular weight is 354 g/mol. The Labute approximate surface area is 151 Å². The number of nitrogens with two attached hydrogens (primary N) is 1. The first kappa shape index (κ1) is 17.8. The van der Waals surface area contributed by atoms with Crippen LogP contribution in [-0.2, 0) is 0 Å². The van der Waals surface area contributed by atoms with Crippen molar-refractivity contribution in [1.82, 2.24) is 4.90 Å². The fourth-order valence-corrected chi connectivity index (χ4v) is 2.84. The van der Waals surface area contributed by atoms with Gasteiger partial charge in [-0.15, -0.1) is 0 Å². The third-order valence-corrected chi connectivity index (χ3v) is 4.27. The fraction of sp³-hybridized carbons (Fsp3) is 0.200. The van der Waals surface area contributed by atoms with E-state index in [0.717, 1.165) is 18.5 Å². The van der Waals surface area contributed by atoms with E-state index in [1.807, 2.05) is 11.9 Å². The molecule has 134 valence electrons. The Bertz CT molecular complexity index is 885. The number of nitrogens with zero attached hydrogens (tertiary/aromatic N) is 2. The van der Waals surface area contributed by atoms with Crippen molar-refractivity contribution in [3.8, 4) is 0 Å². The van der Waals surface area contributed by atoms with Gasteiger partial charge in [-0.25, -0.2) is 8.78 Å². The summed E-state index contributed by atoms with van der Waals surface area (Å²) in [5.74, 6) is -0.195. The van der Waals surface area contributed by atoms with Gasteiger partial charge in [-0.1, -0.05) is 18.2 Å². The molecule has 2 aromatic carbocycles. The standard InChI is InChI=1S/C20H20F2N4/c1-26-10-2-9-25-20(26)14-11-16(19(24)17(22)12-14)18(23)8-5-13-3-6-15(21)7-4-13/h3-8,11-12,23H,2,9-10,24H2,1H3/b8-5+,23-18?. The molecule has 1 aliphatic heterocycles. The average Bonchev–Trinajstić information content (AvgIpc) is 2.63. The van der Waals surface area contributed by atoms with Gasteiger partial charge in [0.2, 0.25) is 0 Å². The van der Waals surface area contributed by atoms with E-state index in [-0.39, 0.29) is 17.2 Å². The molecule has 0 atom stereocenters. The number of halogens is 2. The molecule has 1 heterocycles. The molecule has 0 bridgehead atoms. The van der Waals surface area contributed by atoms with Crippen molar-refractivity contribution in [1.29, 1.82) is 5.41 Å². The summed E-state index contributed by atoms with van der Waals surface area (Å²) in [6, 6.07) is 8.94. The van der Waals surface area contributed by atoms with Crippen LogP contribution in [0.4, 0.5) is 14.5 Å². The largest absolute Gasteiger partial charge is 0.396 e. The van der Waals surface area contributed by atoms with E-state index in [2.05, 4.69) is 4.99 Å². The van der Waals surface area contributed by atoms with Gasteiger partial charge in [0.15, 0.2) is 0 Å². The molecular formula is C20H20F2N4. The van der Waals surface area contributed by atoms with Crippen LogP contribution in [0.1, 0.15) is 23.1 Å². The van der Waals surface area contributed by atoms with E-state index in [4.69, 9.17) is 11.1 Å². The Morgan fingerprint density at radius 1 is 1.23 bits per heavy atom. The molecule has 6 heteroatoms. The fourth-order valence-electron chi connectivity index (χ4n) is 2.84. The second-order valence-electron chi connectivity index (χ2n) is 6.20. The number of nitrogen functional groups attached to an aromatic ring is 1. The van der Waals surface area contributed by atoms with Crippen LogP contribution in [0.15, 0.2) is 47.5 Å². The second kappa shape index (κ2) is 7.47. The number of benzene rings is 2. The molecule has 0 spiro atoms. The van der Waals surface area contributed by atoms with Crippen LogP contribution < -0.4 is 5.73 Å². The van der Waals surface area contributed by atoms with Crippen LogP contribution in [0.5, 0.6) is 0 Å². The molecule has 0 amide bonds. The van der Waals surface area contributed by atoms with E-state index < -0.39 is 5.82 Å². The second-order valence-corrected chi connectivity index (χ2v) is 6.20. The van der Waals surface area contributed by atoms with Gasteiger partial charge >= 0.3 is 0 Å². The van der Waals surface area contributed by atoms with E-state index in [9.17, 15) is 8.78 Å². The number of anilines is 1. The van der Waals surface area contributed by atoms with E-state index in [1.165, 1.54) is 24.3 Å². The molecule has 3 rings (SSSR count). The van der Waals surface area contributed by atoms with Crippen LogP contribution in [0.3, 0.4) is 0 Å². The summed E-state index contributed by atoms with van der Waals surface area (Å²) in [5.41, 5.74) is 7.51. The summed E-state index contributed by atoms with van der Waals surface area (Å²) < 4.78 is 27.3. The van der Waals surface area contributed by atoms with Gasteiger partial charge in [0, 0.05) is 31.3 Å². The lowest BCUT2D eigenvalue weighted by atomic mass is 10.0. The summed E-state index contributed by atoms with van der Waals surface area (Å²) in [5, 5.41) is 8.26. The third kappa shape index (κ3) is 3.79. The normalized spacial score (nSPS) is 14.6.